The number of benzene rings is 4. The van der Waals surface area contributed by atoms with Gasteiger partial charge in [0, 0.05) is 22.3 Å². The lowest BCUT2D eigenvalue weighted by atomic mass is 10.1. The first-order valence-corrected chi connectivity index (χ1v) is 12.2. The fourth-order valence-electron chi connectivity index (χ4n) is 3.65. The molecular formula is C35H34. The third-order valence-electron chi connectivity index (χ3n) is 5.86. The molecule has 4 rings (SSSR count). The van der Waals surface area contributed by atoms with Gasteiger partial charge in [-0.2, -0.15) is 0 Å². The molecule has 0 aromatic heterocycles. The van der Waals surface area contributed by atoms with Crippen molar-refractivity contribution in [1.29, 1.82) is 0 Å². The van der Waals surface area contributed by atoms with Gasteiger partial charge in [0.1, 0.15) is 0 Å². The van der Waals surface area contributed by atoms with Gasteiger partial charge in [0.25, 0.3) is 0 Å². The van der Waals surface area contributed by atoms with Crippen LogP contribution >= 0.6 is 0 Å². The zero-order valence-corrected chi connectivity index (χ0v) is 21.8. The normalized spacial score (nSPS) is 9.66. The summed E-state index contributed by atoms with van der Waals surface area (Å²) >= 11 is 0. The molecular weight excluding hydrogens is 420 g/mol. The zero-order valence-electron chi connectivity index (χ0n) is 21.8. The monoisotopic (exact) mass is 454 g/mol. The molecule has 0 amide bonds. The second kappa shape index (κ2) is 12.5. The molecule has 0 saturated heterocycles. The lowest BCUT2D eigenvalue weighted by Gasteiger charge is -1.99. The third kappa shape index (κ3) is 8.07. The first-order valence-electron chi connectivity index (χ1n) is 12.2. The van der Waals surface area contributed by atoms with E-state index in [2.05, 4.69) is 150 Å². The van der Waals surface area contributed by atoms with Crippen molar-refractivity contribution < 1.29 is 0 Å². The van der Waals surface area contributed by atoms with Crippen LogP contribution in [0.25, 0.3) is 0 Å². The van der Waals surface area contributed by atoms with Crippen LogP contribution in [0.2, 0.25) is 0 Å². The molecule has 0 unspecified atom stereocenters. The van der Waals surface area contributed by atoms with Gasteiger partial charge in [-0.3, -0.25) is 0 Å². The van der Waals surface area contributed by atoms with E-state index in [1.54, 1.807) is 0 Å². The van der Waals surface area contributed by atoms with Crippen LogP contribution in [0.5, 0.6) is 0 Å². The Labute approximate surface area is 212 Å². The van der Waals surface area contributed by atoms with Gasteiger partial charge in [0.05, 0.1) is 0 Å². The van der Waals surface area contributed by atoms with Crippen LogP contribution in [-0.2, 0) is 6.42 Å². The van der Waals surface area contributed by atoms with Crippen molar-refractivity contribution in [2.75, 3.05) is 0 Å². The standard InChI is InChI=1S/C18H18.C17H16/c1-4-16-6-8-17(9-7-16)10-12-18-11-5-14(2)13-15(18)3;1-13-4-7-16(8-5-13)9-11-17-10-6-14(2)12-15(17)3/h5-9,11,13H,4H2,1-3H3;4-8,10,12H,1-3H3. The second-order valence-corrected chi connectivity index (χ2v) is 9.05. The first kappa shape index (κ1) is 25.6. The van der Waals surface area contributed by atoms with Crippen molar-refractivity contribution in [2.24, 2.45) is 0 Å². The van der Waals surface area contributed by atoms with Crippen LogP contribution in [0.15, 0.2) is 84.9 Å². The largest absolute Gasteiger partial charge is 0.0616 e. The SMILES string of the molecule is CCc1ccc(C#Cc2ccc(C)cc2C)cc1.Cc1ccc(C#Cc2ccc(C)cc2C)cc1. The molecule has 0 bridgehead atoms. The molecule has 174 valence electrons. The van der Waals surface area contributed by atoms with E-state index in [1.807, 2.05) is 0 Å². The van der Waals surface area contributed by atoms with Gasteiger partial charge < -0.3 is 0 Å². The molecule has 4 aromatic rings. The minimum absolute atomic E-state index is 1.07. The van der Waals surface area contributed by atoms with E-state index in [-0.39, 0.29) is 0 Å². The van der Waals surface area contributed by atoms with Crippen molar-refractivity contribution in [1.82, 2.24) is 0 Å². The van der Waals surface area contributed by atoms with E-state index in [4.69, 9.17) is 0 Å². The Hall–Kier alpha value is -4.00. The maximum absolute atomic E-state index is 3.24. The molecule has 0 atom stereocenters. The predicted octanol–water partition coefficient (Wildman–Crippen LogP) is 8.28. The molecule has 0 heteroatoms. The number of hydrogen-bond acceptors (Lipinski definition) is 0. The summed E-state index contributed by atoms with van der Waals surface area (Å²) in [6.45, 7) is 12.7. The molecule has 4 aromatic carbocycles. The molecule has 0 fully saturated rings. The van der Waals surface area contributed by atoms with Crippen molar-refractivity contribution >= 4 is 0 Å². The molecule has 0 nitrogen and oxygen atoms in total. The minimum atomic E-state index is 1.07. The maximum atomic E-state index is 3.24. The molecule has 0 aliphatic heterocycles. The average Bonchev–Trinajstić information content (AvgIpc) is 2.85. The molecule has 0 radical (unpaired) electrons. The van der Waals surface area contributed by atoms with E-state index in [9.17, 15) is 0 Å². The lowest BCUT2D eigenvalue weighted by molar-refractivity contribution is 1.14. The molecule has 0 N–H and O–H groups in total. The summed E-state index contributed by atoms with van der Waals surface area (Å²) in [4.78, 5) is 0. The van der Waals surface area contributed by atoms with Crippen molar-refractivity contribution in [3.8, 4) is 23.7 Å². The van der Waals surface area contributed by atoms with E-state index in [0.717, 1.165) is 28.7 Å². The number of hydrogen-bond donors (Lipinski definition) is 0. The van der Waals surface area contributed by atoms with Gasteiger partial charge >= 0.3 is 0 Å². The van der Waals surface area contributed by atoms with E-state index < -0.39 is 0 Å². The highest BCUT2D eigenvalue weighted by Crippen LogP contribution is 2.11. The lowest BCUT2D eigenvalue weighted by Crippen LogP contribution is -1.84. The molecule has 35 heavy (non-hydrogen) atoms. The van der Waals surface area contributed by atoms with Crippen LogP contribution in [0.3, 0.4) is 0 Å². The highest BCUT2D eigenvalue weighted by molar-refractivity contribution is 5.48. The smallest absolute Gasteiger partial charge is 0.0278 e. The number of rotatable bonds is 1. The summed E-state index contributed by atoms with van der Waals surface area (Å²) in [6.07, 6.45) is 1.07. The Morgan fingerprint density at radius 1 is 0.457 bits per heavy atom. The topological polar surface area (TPSA) is 0 Å². The van der Waals surface area contributed by atoms with E-state index >= 15 is 0 Å². The molecule has 0 heterocycles. The molecule has 0 spiro atoms. The third-order valence-corrected chi connectivity index (χ3v) is 5.86. The predicted molar refractivity (Wildman–Crippen MR) is 151 cm³/mol. The van der Waals surface area contributed by atoms with Crippen molar-refractivity contribution in [3.05, 3.63) is 141 Å². The summed E-state index contributed by atoms with van der Waals surface area (Å²) in [5, 5.41) is 0. The van der Waals surface area contributed by atoms with Gasteiger partial charge in [-0.15, -0.1) is 0 Å². The fourth-order valence-corrected chi connectivity index (χ4v) is 3.65. The number of aryl methyl sites for hydroxylation is 6. The molecule has 0 aliphatic rings. The van der Waals surface area contributed by atoms with E-state index in [0.29, 0.717) is 0 Å². The maximum Gasteiger partial charge on any atom is 0.0278 e. The van der Waals surface area contributed by atoms with Crippen LogP contribution in [-0.4, -0.2) is 0 Å². The Balaban J connectivity index is 0.000000196. The summed E-state index contributed by atoms with van der Waals surface area (Å²) in [7, 11) is 0. The zero-order chi connectivity index (χ0) is 25.2. The summed E-state index contributed by atoms with van der Waals surface area (Å²) in [5.74, 6) is 12.9. The Bertz CT molecular complexity index is 1390. The van der Waals surface area contributed by atoms with Crippen molar-refractivity contribution in [3.63, 3.8) is 0 Å². The highest BCUT2D eigenvalue weighted by Gasteiger charge is 1.95. The quantitative estimate of drug-likeness (QED) is 0.254. The van der Waals surface area contributed by atoms with Gasteiger partial charge in [-0.25, -0.2) is 0 Å². The van der Waals surface area contributed by atoms with Gasteiger partial charge in [0.15, 0.2) is 0 Å². The Kier molecular flexibility index (Phi) is 9.12. The first-order chi connectivity index (χ1) is 16.8. The van der Waals surface area contributed by atoms with Crippen molar-refractivity contribution in [2.45, 2.75) is 48.0 Å². The minimum Gasteiger partial charge on any atom is -0.0616 e. The fraction of sp³-hybridized carbons (Fsp3) is 0.200. The highest BCUT2D eigenvalue weighted by atomic mass is 14.0. The second-order valence-electron chi connectivity index (χ2n) is 9.05. The Morgan fingerprint density at radius 3 is 1.26 bits per heavy atom. The van der Waals surface area contributed by atoms with Gasteiger partial charge in [-0.1, -0.05) is 95.8 Å². The molecule has 0 aliphatic carbocycles. The Morgan fingerprint density at radius 2 is 0.857 bits per heavy atom. The van der Waals surface area contributed by atoms with Crippen LogP contribution in [0, 0.1) is 58.3 Å². The van der Waals surface area contributed by atoms with E-state index in [1.165, 1.54) is 33.4 Å². The van der Waals surface area contributed by atoms with Gasteiger partial charge in [-0.05, 0) is 94.1 Å². The summed E-state index contributed by atoms with van der Waals surface area (Å²) < 4.78 is 0. The molecule has 0 saturated carbocycles. The summed E-state index contributed by atoms with van der Waals surface area (Å²) in [5.41, 5.74) is 12.0. The van der Waals surface area contributed by atoms with Gasteiger partial charge in [0.2, 0.25) is 0 Å². The average molecular weight is 455 g/mol. The van der Waals surface area contributed by atoms with Crippen LogP contribution in [0.4, 0.5) is 0 Å². The van der Waals surface area contributed by atoms with Crippen LogP contribution < -0.4 is 0 Å². The van der Waals surface area contributed by atoms with Crippen LogP contribution in [0.1, 0.15) is 62.6 Å². The summed E-state index contributed by atoms with van der Waals surface area (Å²) in [6, 6.07) is 29.5.